The van der Waals surface area contributed by atoms with E-state index in [0.717, 1.165) is 76.0 Å². The van der Waals surface area contributed by atoms with Crippen LogP contribution in [0.3, 0.4) is 0 Å². The number of halogens is 2. The zero-order valence-electron chi connectivity index (χ0n) is 55.4. The topological polar surface area (TPSA) is 300 Å². The molecule has 2 aromatic rings. The second-order valence-corrected chi connectivity index (χ2v) is 21.1. The summed E-state index contributed by atoms with van der Waals surface area (Å²) < 4.78 is 14.6. The Morgan fingerprint density at radius 1 is 0.635 bits per heavy atom. The van der Waals surface area contributed by atoms with Gasteiger partial charge in [-0.1, -0.05) is 179 Å². The maximum Gasteiger partial charge on any atom is 1.00 e. The number of carboxylic acid groups (broad SMARTS) is 1. The molecule has 1 aliphatic rings. The van der Waals surface area contributed by atoms with Crippen molar-refractivity contribution in [1.29, 1.82) is 0 Å². The quantitative estimate of drug-likeness (QED) is 0.00657. The number of Topliss-reactive ketones (excluding diaryl/α,β-unsaturated/α-hetero) is 2. The van der Waals surface area contributed by atoms with Crippen molar-refractivity contribution in [3.8, 4) is 0 Å². The number of hydrogen-bond donors (Lipinski definition) is 7. The van der Waals surface area contributed by atoms with Crippen molar-refractivity contribution in [2.75, 3.05) is 37.6 Å². The van der Waals surface area contributed by atoms with Crippen LogP contribution in [0.15, 0.2) is 26.5 Å². The van der Waals surface area contributed by atoms with E-state index < -0.39 is 23.6 Å². The number of aryl methyl sites for hydroxylation is 2. The molecule has 1 aliphatic heterocycles. The summed E-state index contributed by atoms with van der Waals surface area (Å²) in [6, 6.07) is 3.06. The number of aromatic nitrogens is 4. The molecule has 0 saturated carbocycles. The summed E-state index contributed by atoms with van der Waals surface area (Å²) in [6.45, 7) is 22.1. The molecule has 0 bridgehead atoms. The molecular weight excluding hydrogens is 1220 g/mol. The van der Waals surface area contributed by atoms with Crippen molar-refractivity contribution >= 4 is 86.6 Å². The predicted octanol–water partition coefficient (Wildman–Crippen LogP) is 8.48. The summed E-state index contributed by atoms with van der Waals surface area (Å²) in [5.41, 5.74) is 10.1. The normalized spacial score (nSPS) is 10.2. The van der Waals surface area contributed by atoms with Gasteiger partial charge in [0.1, 0.15) is 30.3 Å². The number of carbonyl (C=O) groups is 5. The number of unbranched alkanes of at least 4 members (excludes halogenated alkanes) is 20. The molecule has 85 heavy (non-hydrogen) atoms. The zero-order valence-corrected chi connectivity index (χ0v) is 60.4. The van der Waals surface area contributed by atoms with Gasteiger partial charge in [-0.2, -0.15) is 6.42 Å². The molecule has 9 N–H and O–H groups in total. The Morgan fingerprint density at radius 2 is 0.988 bits per heavy atom. The number of aliphatic carboxylic acids is 1. The smallest absolute Gasteiger partial charge is 1.00 e. The number of thiocarbonyl (C=S) groups is 1. The van der Waals surface area contributed by atoms with E-state index in [0.29, 0.717) is 24.4 Å². The Kier molecular flexibility index (Phi) is 94.8. The number of H-pyrrole nitrogens is 4. The first-order valence-corrected chi connectivity index (χ1v) is 32.8. The number of nitrogens with one attached hydrogen (secondary N) is 4. The number of ether oxygens (including phenoxy) is 3. The third-order valence-corrected chi connectivity index (χ3v) is 11.9. The molecular formula is C61H114BrClLiN6NaO12S2. The first kappa shape index (κ1) is 98.8. The minimum atomic E-state index is -0.980. The van der Waals surface area contributed by atoms with Crippen molar-refractivity contribution in [3.05, 3.63) is 66.4 Å². The van der Waals surface area contributed by atoms with Crippen molar-refractivity contribution in [1.82, 2.24) is 19.9 Å². The van der Waals surface area contributed by atoms with Gasteiger partial charge in [0.05, 0.1) is 13.2 Å². The molecule has 24 heteroatoms. The summed E-state index contributed by atoms with van der Waals surface area (Å²) >= 11 is 17.1. The average molecular weight is 1330 g/mol. The Labute approximate surface area is 571 Å². The van der Waals surface area contributed by atoms with E-state index in [4.69, 9.17) is 38.4 Å². The van der Waals surface area contributed by atoms with Crippen LogP contribution in [0.25, 0.3) is 0 Å². The largest absolute Gasteiger partial charge is 1.00 e. The molecule has 488 valence electrons. The molecule has 3 rings (SSSR count). The van der Waals surface area contributed by atoms with E-state index in [-0.39, 0.29) is 96.4 Å². The zero-order chi connectivity index (χ0) is 64.2. The SMILES string of the molecule is C1CCOC1.CCCCCCCBr.CCCCCCCCC(=O)CC(=O)OCC.CCCCCCCCc1cc(=O)[nH]c(=O)[nH]1.CCCCCCCCc1cc(=O)[nH]c(=S)[nH]1.CCOC(=O)CC(C)=O.NC(N)=S.O=C(O)CCl.[CH2-]CCC.[H-].[Li+].[Na+]. The fourth-order valence-corrected chi connectivity index (χ4v) is 7.32. The van der Waals surface area contributed by atoms with Crippen molar-refractivity contribution < 1.29 is 93.1 Å². The van der Waals surface area contributed by atoms with Crippen LogP contribution in [0.2, 0.25) is 0 Å². The number of carbonyl (C=O) groups excluding carboxylic acids is 4. The molecule has 0 spiro atoms. The molecule has 1 fully saturated rings. The summed E-state index contributed by atoms with van der Waals surface area (Å²) in [6.07, 6.45) is 35.6. The summed E-state index contributed by atoms with van der Waals surface area (Å²) in [5, 5.41) is 8.77. The third kappa shape index (κ3) is 98.0. The molecule has 0 aromatic carbocycles. The summed E-state index contributed by atoms with van der Waals surface area (Å²) in [4.78, 5) is 95.6. The van der Waals surface area contributed by atoms with Gasteiger partial charge >= 0.3 is 72.0 Å². The van der Waals surface area contributed by atoms with Crippen LogP contribution >= 0.6 is 52.0 Å². The summed E-state index contributed by atoms with van der Waals surface area (Å²) in [5.74, 6) is -2.27. The number of hydrogen-bond acceptors (Lipinski definition) is 13. The number of rotatable bonds is 34. The minimum absolute atomic E-state index is 0. The molecule has 0 radical (unpaired) electrons. The van der Waals surface area contributed by atoms with Crippen molar-refractivity contribution in [2.24, 2.45) is 11.5 Å². The first-order chi connectivity index (χ1) is 39.6. The van der Waals surface area contributed by atoms with Gasteiger partial charge in [-0.05, 0) is 96.6 Å². The van der Waals surface area contributed by atoms with Gasteiger partial charge < -0.3 is 49.1 Å². The van der Waals surface area contributed by atoms with Crippen molar-refractivity contribution in [3.63, 3.8) is 0 Å². The molecule has 3 heterocycles. The van der Waals surface area contributed by atoms with Crippen molar-refractivity contribution in [2.45, 2.75) is 261 Å². The minimum Gasteiger partial charge on any atom is -1.00 e. The number of ketones is 2. The van der Waals surface area contributed by atoms with Crippen LogP contribution in [-0.4, -0.2) is 97.3 Å². The number of esters is 2. The number of aromatic amines is 4. The Morgan fingerprint density at radius 3 is 1.31 bits per heavy atom. The Hall–Kier alpha value is -2.45. The fourth-order valence-electron chi connectivity index (χ4n) is 6.69. The van der Waals surface area contributed by atoms with Gasteiger partial charge in [-0.15, -0.1) is 11.6 Å². The molecule has 0 atom stereocenters. The van der Waals surface area contributed by atoms with Crippen LogP contribution in [0.1, 0.15) is 261 Å². The molecule has 2 aromatic heterocycles. The van der Waals surface area contributed by atoms with Crippen LogP contribution in [0, 0.1) is 11.7 Å². The Balaban J connectivity index is -0.000000115. The molecule has 0 aliphatic carbocycles. The second-order valence-electron chi connectivity index (χ2n) is 19.2. The fraction of sp³-hybridized carbons (Fsp3) is 0.754. The van der Waals surface area contributed by atoms with Gasteiger partial charge in [-0.3, -0.25) is 43.5 Å². The molecule has 1 saturated heterocycles. The van der Waals surface area contributed by atoms with E-state index >= 15 is 0 Å². The van der Waals surface area contributed by atoms with E-state index in [1.54, 1.807) is 19.9 Å². The number of alkyl halides is 2. The first-order valence-electron chi connectivity index (χ1n) is 30.4. The van der Waals surface area contributed by atoms with Gasteiger partial charge in [0.15, 0.2) is 9.88 Å². The van der Waals surface area contributed by atoms with Crippen LogP contribution in [0.4, 0.5) is 0 Å². The van der Waals surface area contributed by atoms with Gasteiger partial charge in [0.25, 0.3) is 11.1 Å². The number of carboxylic acids is 1. The van der Waals surface area contributed by atoms with E-state index in [1.807, 2.05) is 0 Å². The number of nitrogens with two attached hydrogens (primary N) is 2. The monoisotopic (exact) mass is 1330 g/mol. The van der Waals surface area contributed by atoms with E-state index in [9.17, 15) is 38.4 Å². The maximum absolute atomic E-state index is 11.3. The van der Waals surface area contributed by atoms with Crippen LogP contribution < -0.4 is 76.7 Å². The maximum atomic E-state index is 11.3. The van der Waals surface area contributed by atoms with Gasteiger partial charge in [-0.25, -0.2) is 4.79 Å². The van der Waals surface area contributed by atoms with Gasteiger partial charge in [0, 0.05) is 48.5 Å². The van der Waals surface area contributed by atoms with Crippen LogP contribution in [-0.2, 0) is 51.0 Å². The van der Waals surface area contributed by atoms with Gasteiger partial charge in [0.2, 0.25) is 0 Å². The summed E-state index contributed by atoms with van der Waals surface area (Å²) in [7, 11) is 0. The average Bonchev–Trinajstić information content (AvgIpc) is 4.16. The predicted molar refractivity (Wildman–Crippen MR) is 354 cm³/mol. The molecule has 18 nitrogen and oxygen atoms in total. The molecule has 0 unspecified atom stereocenters. The molecule has 0 amide bonds. The van der Waals surface area contributed by atoms with E-state index in [2.05, 4.69) is 106 Å². The Bertz CT molecular complexity index is 1920. The van der Waals surface area contributed by atoms with Crippen LogP contribution in [0.5, 0.6) is 0 Å². The van der Waals surface area contributed by atoms with E-state index in [1.165, 1.54) is 153 Å². The third-order valence-electron chi connectivity index (χ3n) is 10.9. The second kappa shape index (κ2) is 81.5. The standard InChI is InChI=1S/C13H24O3.C12H20N2O2.C12H20N2OS.C7H15Br.C6H10O3.C4H8O.C4H9.C2H3ClO2.CH4N2S.Li.Na.H/c1-3-5-6-7-8-9-10-12(14)11-13(15)16-4-2;2*1-2-3-4-5-6-7-8-10-9-11(15)14-12(16)13-10;1-2-3-4-5-6-7-8;1-3-9-6(8)4-5(2)7;1-2-4-5-3-1;1-3-4-2;3-1-2(4)5;2-1(3)4;;;/h3-11H2,1-2H3;2*9H,2-8H2,1H3,(H2,13,14,15,16);2-7H2,1H3;3-4H2,1-2H3;1-4H2;1,3-4H2,2H3;1H2,(H,4,5);(H4,2,3,4);;;/q;;;;;;-1;;;2*+1;-1.